The van der Waals surface area contributed by atoms with Gasteiger partial charge in [0.25, 0.3) is 5.91 Å². The van der Waals surface area contributed by atoms with E-state index in [1.54, 1.807) is 0 Å². The number of hydrogen-bond donors (Lipinski definition) is 1. The largest absolute Gasteiger partial charge is 0.490 e. The summed E-state index contributed by atoms with van der Waals surface area (Å²) in [5.41, 5.74) is -0.390. The molecule has 0 aliphatic rings. The van der Waals surface area contributed by atoms with Gasteiger partial charge in [-0.15, -0.1) is 11.3 Å². The second-order valence-electron chi connectivity index (χ2n) is 5.02. The lowest BCUT2D eigenvalue weighted by atomic mass is 10.2. The van der Waals surface area contributed by atoms with Crippen LogP contribution in [0.25, 0.3) is 0 Å². The molecule has 2 aromatic rings. The summed E-state index contributed by atoms with van der Waals surface area (Å²) in [7, 11) is 1.29. The molecule has 1 amide bonds. The Morgan fingerprint density at radius 2 is 2.12 bits per heavy atom. The van der Waals surface area contributed by atoms with Crippen LogP contribution in [0, 0.1) is 10.1 Å². The predicted molar refractivity (Wildman–Crippen MR) is 90.8 cm³/mol. The fourth-order valence-electron chi connectivity index (χ4n) is 2.07. The molecule has 0 unspecified atom stereocenters. The van der Waals surface area contributed by atoms with Crippen LogP contribution in [-0.4, -0.2) is 30.5 Å². The van der Waals surface area contributed by atoms with Gasteiger partial charge in [0.1, 0.15) is 0 Å². The third kappa shape index (κ3) is 4.77. The number of nitrogens with zero attached hydrogens (tertiary/aromatic N) is 1. The van der Waals surface area contributed by atoms with Crippen molar-refractivity contribution in [3.8, 4) is 5.75 Å². The Morgan fingerprint density at radius 1 is 1.36 bits per heavy atom. The van der Waals surface area contributed by atoms with E-state index >= 15 is 0 Å². The molecule has 9 heteroatoms. The number of benzene rings is 1. The fourth-order valence-corrected chi connectivity index (χ4v) is 2.80. The number of nitro groups is 1. The summed E-state index contributed by atoms with van der Waals surface area (Å²) in [6.07, 6.45) is 0. The molecule has 1 atom stereocenters. The summed E-state index contributed by atoms with van der Waals surface area (Å²) in [6.45, 7) is 1.34. The van der Waals surface area contributed by atoms with Gasteiger partial charge in [0.15, 0.2) is 12.4 Å². The van der Waals surface area contributed by atoms with E-state index in [-0.39, 0.29) is 23.0 Å². The van der Waals surface area contributed by atoms with Gasteiger partial charge in [-0.1, -0.05) is 6.07 Å². The number of methoxy groups -OCH3 is 1. The minimum atomic E-state index is -0.829. The summed E-state index contributed by atoms with van der Waals surface area (Å²) < 4.78 is 9.77. The van der Waals surface area contributed by atoms with Crippen LogP contribution in [0.3, 0.4) is 0 Å². The average molecular weight is 364 g/mol. The van der Waals surface area contributed by atoms with Gasteiger partial charge >= 0.3 is 11.7 Å². The van der Waals surface area contributed by atoms with E-state index in [0.29, 0.717) is 0 Å². The van der Waals surface area contributed by atoms with Crippen LogP contribution >= 0.6 is 11.3 Å². The summed E-state index contributed by atoms with van der Waals surface area (Å²) in [5.74, 6) is -1.26. The maximum absolute atomic E-state index is 12.0. The summed E-state index contributed by atoms with van der Waals surface area (Å²) >= 11 is 1.50. The number of rotatable bonds is 7. The Labute approximate surface area is 147 Å². The first-order valence-corrected chi connectivity index (χ1v) is 8.12. The smallest absolute Gasteiger partial charge is 0.338 e. The number of hydrogen-bond acceptors (Lipinski definition) is 7. The molecule has 1 aromatic carbocycles. The Balaban J connectivity index is 1.94. The zero-order valence-corrected chi connectivity index (χ0v) is 14.4. The van der Waals surface area contributed by atoms with Gasteiger partial charge in [-0.2, -0.15) is 0 Å². The molecule has 0 aliphatic heterocycles. The van der Waals surface area contributed by atoms with Gasteiger partial charge in [-0.25, -0.2) is 4.79 Å². The molecule has 8 nitrogen and oxygen atoms in total. The highest BCUT2D eigenvalue weighted by molar-refractivity contribution is 7.10. The maximum Gasteiger partial charge on any atom is 0.338 e. The molecule has 0 radical (unpaired) electrons. The summed E-state index contributed by atoms with van der Waals surface area (Å²) in [5, 5.41) is 15.6. The molecule has 0 saturated carbocycles. The first-order chi connectivity index (χ1) is 11.9. The average Bonchev–Trinajstić information content (AvgIpc) is 3.13. The molecule has 0 saturated heterocycles. The Bertz CT molecular complexity index is 775. The maximum atomic E-state index is 12.0. The standard InChI is InChI=1S/C16H16N2O6S/c1-10(14-4-3-7-25-14)17-15(19)9-24-16(20)11-5-6-13(23-2)12(8-11)18(21)22/h3-8,10H,9H2,1-2H3,(H,17,19)/t10-/m0/s1. The molecule has 2 rings (SSSR count). The monoisotopic (exact) mass is 364 g/mol. The van der Waals surface area contributed by atoms with Crippen molar-refractivity contribution in [1.29, 1.82) is 0 Å². The molecule has 132 valence electrons. The quantitative estimate of drug-likeness (QED) is 0.460. The number of carbonyl (C=O) groups is 2. The van der Waals surface area contributed by atoms with Gasteiger partial charge in [0.2, 0.25) is 0 Å². The van der Waals surface area contributed by atoms with Gasteiger partial charge in [0.05, 0.1) is 23.6 Å². The molecule has 0 fully saturated rings. The number of ether oxygens (including phenoxy) is 2. The Hall–Kier alpha value is -2.94. The van der Waals surface area contributed by atoms with E-state index in [4.69, 9.17) is 9.47 Å². The van der Waals surface area contributed by atoms with E-state index in [9.17, 15) is 19.7 Å². The van der Waals surface area contributed by atoms with E-state index < -0.39 is 23.4 Å². The van der Waals surface area contributed by atoms with Crippen molar-refractivity contribution in [2.45, 2.75) is 13.0 Å². The molecular formula is C16H16N2O6S. The van der Waals surface area contributed by atoms with Crippen molar-refractivity contribution in [1.82, 2.24) is 5.32 Å². The van der Waals surface area contributed by atoms with Crippen LogP contribution in [-0.2, 0) is 9.53 Å². The summed E-state index contributed by atoms with van der Waals surface area (Å²) in [6, 6.07) is 7.24. The molecule has 0 aliphatic carbocycles. The van der Waals surface area contributed by atoms with Crippen LogP contribution in [0.15, 0.2) is 35.7 Å². The molecule has 1 aromatic heterocycles. The molecular weight excluding hydrogens is 348 g/mol. The van der Waals surface area contributed by atoms with Crippen LogP contribution in [0.2, 0.25) is 0 Å². The van der Waals surface area contributed by atoms with E-state index in [2.05, 4.69) is 5.32 Å². The van der Waals surface area contributed by atoms with E-state index in [0.717, 1.165) is 10.9 Å². The van der Waals surface area contributed by atoms with E-state index in [1.165, 1.54) is 30.6 Å². The number of carbonyl (C=O) groups excluding carboxylic acids is 2. The third-order valence-electron chi connectivity index (χ3n) is 3.29. The van der Waals surface area contributed by atoms with Crippen molar-refractivity contribution in [2.75, 3.05) is 13.7 Å². The van der Waals surface area contributed by atoms with Gasteiger partial charge in [-0.05, 0) is 30.5 Å². The fraction of sp³-hybridized carbons (Fsp3) is 0.250. The summed E-state index contributed by atoms with van der Waals surface area (Å²) in [4.78, 5) is 35.1. The second kappa shape index (κ2) is 8.25. The van der Waals surface area contributed by atoms with Crippen molar-refractivity contribution >= 4 is 28.9 Å². The number of amides is 1. The Morgan fingerprint density at radius 3 is 2.72 bits per heavy atom. The molecule has 25 heavy (non-hydrogen) atoms. The van der Waals surface area contributed by atoms with Gasteiger partial charge in [-0.3, -0.25) is 14.9 Å². The van der Waals surface area contributed by atoms with Gasteiger partial charge < -0.3 is 14.8 Å². The number of nitrogens with one attached hydrogen (secondary N) is 1. The first kappa shape index (κ1) is 18.4. The van der Waals surface area contributed by atoms with E-state index in [1.807, 2.05) is 24.4 Å². The first-order valence-electron chi connectivity index (χ1n) is 7.24. The van der Waals surface area contributed by atoms with Crippen molar-refractivity contribution in [3.05, 3.63) is 56.3 Å². The number of thiophene rings is 1. The minimum absolute atomic E-state index is 0.0315. The highest BCUT2D eigenvalue weighted by atomic mass is 32.1. The van der Waals surface area contributed by atoms with Crippen molar-refractivity contribution in [2.24, 2.45) is 0 Å². The number of nitro benzene ring substituents is 1. The number of esters is 1. The highest BCUT2D eigenvalue weighted by Crippen LogP contribution is 2.27. The second-order valence-corrected chi connectivity index (χ2v) is 6.00. The lowest BCUT2D eigenvalue weighted by molar-refractivity contribution is -0.385. The van der Waals surface area contributed by atoms with Crippen LogP contribution < -0.4 is 10.1 Å². The zero-order chi connectivity index (χ0) is 18.4. The SMILES string of the molecule is COc1ccc(C(=O)OCC(=O)N[C@@H](C)c2cccs2)cc1[N+](=O)[O-]. The predicted octanol–water partition coefficient (Wildman–Crippen LogP) is 2.70. The Kier molecular flexibility index (Phi) is 6.07. The minimum Gasteiger partial charge on any atom is -0.490 e. The lowest BCUT2D eigenvalue weighted by Gasteiger charge is -2.12. The van der Waals surface area contributed by atoms with Crippen LogP contribution in [0.4, 0.5) is 5.69 Å². The van der Waals surface area contributed by atoms with Gasteiger partial charge in [0, 0.05) is 10.9 Å². The van der Waals surface area contributed by atoms with Crippen LogP contribution in [0.5, 0.6) is 5.75 Å². The van der Waals surface area contributed by atoms with Crippen LogP contribution in [0.1, 0.15) is 28.2 Å². The van der Waals surface area contributed by atoms with Crippen molar-refractivity contribution in [3.63, 3.8) is 0 Å². The van der Waals surface area contributed by atoms with Crippen molar-refractivity contribution < 1.29 is 24.0 Å². The normalized spacial score (nSPS) is 11.4. The molecule has 0 bridgehead atoms. The molecule has 1 N–H and O–H groups in total. The topological polar surface area (TPSA) is 108 Å². The third-order valence-corrected chi connectivity index (χ3v) is 4.35. The molecule has 0 spiro atoms. The zero-order valence-electron chi connectivity index (χ0n) is 13.6. The highest BCUT2D eigenvalue weighted by Gasteiger charge is 2.20. The lowest BCUT2D eigenvalue weighted by Crippen LogP contribution is -2.30. The molecule has 1 heterocycles.